The molecule has 27 heavy (non-hydrogen) atoms. The van der Waals surface area contributed by atoms with Gasteiger partial charge in [-0.25, -0.2) is 4.90 Å². The molecule has 0 bridgehead atoms. The van der Waals surface area contributed by atoms with Gasteiger partial charge in [-0.2, -0.15) is 5.11 Å². The fourth-order valence-electron chi connectivity index (χ4n) is 3.09. The lowest BCUT2D eigenvalue weighted by atomic mass is 10.1. The summed E-state index contributed by atoms with van der Waals surface area (Å²) in [6, 6.07) is 13.5. The fraction of sp³-hybridized carbons (Fsp3) is 0.167. The van der Waals surface area contributed by atoms with Crippen LogP contribution >= 0.6 is 11.6 Å². The van der Waals surface area contributed by atoms with Gasteiger partial charge in [-0.05, 0) is 30.3 Å². The van der Waals surface area contributed by atoms with Gasteiger partial charge >= 0.3 is 0 Å². The molecular formula is C18H14ClN5O3. The molecule has 3 amide bonds. The van der Waals surface area contributed by atoms with Gasteiger partial charge in [0.2, 0.25) is 5.91 Å². The van der Waals surface area contributed by atoms with Crippen molar-refractivity contribution in [1.82, 2.24) is 5.01 Å². The minimum absolute atomic E-state index is 0.192. The Balaban J connectivity index is 1.50. The van der Waals surface area contributed by atoms with Crippen molar-refractivity contribution in [3.05, 3.63) is 59.6 Å². The van der Waals surface area contributed by atoms with Crippen LogP contribution in [0.2, 0.25) is 5.02 Å². The van der Waals surface area contributed by atoms with E-state index < -0.39 is 23.9 Å². The molecule has 2 aliphatic heterocycles. The van der Waals surface area contributed by atoms with E-state index in [4.69, 9.17) is 11.6 Å². The third kappa shape index (κ3) is 3.15. The summed E-state index contributed by atoms with van der Waals surface area (Å²) in [7, 11) is 0. The van der Waals surface area contributed by atoms with Crippen molar-refractivity contribution in [3.8, 4) is 0 Å². The number of nitrogens with zero attached hydrogens (tertiary/aromatic N) is 4. The third-order valence-corrected chi connectivity index (χ3v) is 4.52. The van der Waals surface area contributed by atoms with Gasteiger partial charge in [-0.1, -0.05) is 41.1 Å². The Labute approximate surface area is 159 Å². The molecule has 8 nitrogen and oxygen atoms in total. The lowest BCUT2D eigenvalue weighted by Crippen LogP contribution is -2.43. The van der Waals surface area contributed by atoms with Gasteiger partial charge in [0.25, 0.3) is 11.8 Å². The van der Waals surface area contributed by atoms with E-state index in [1.54, 1.807) is 42.5 Å². The Hall–Kier alpha value is -3.26. The maximum Gasteiger partial charge on any atom is 0.263 e. The molecule has 2 aromatic rings. The molecule has 0 radical (unpaired) electrons. The molecule has 9 heteroatoms. The SMILES string of the molecule is O=C(CN1N=N[C@@H]2C(=O)N(c3cccc(Cl)c3)C(=O)[C@@H]21)Nc1ccccc1. The van der Waals surface area contributed by atoms with Crippen LogP contribution in [0.1, 0.15) is 0 Å². The standard InChI is InChI=1S/C18H14ClN5O3/c19-11-5-4-8-13(9-11)24-17(26)15-16(18(24)27)23(22-21-15)10-14(25)20-12-6-2-1-3-7-12/h1-9,15-16H,10H2,(H,20,25)/t15-,16+/m0/s1. The van der Waals surface area contributed by atoms with Gasteiger partial charge in [-0.3, -0.25) is 19.4 Å². The van der Waals surface area contributed by atoms with E-state index in [2.05, 4.69) is 15.7 Å². The van der Waals surface area contributed by atoms with Crippen LogP contribution in [0.25, 0.3) is 0 Å². The smallest absolute Gasteiger partial charge is 0.263 e. The van der Waals surface area contributed by atoms with Gasteiger partial charge in [0, 0.05) is 10.7 Å². The molecule has 0 aromatic heterocycles. The number of imide groups is 1. The Morgan fingerprint density at radius 2 is 1.85 bits per heavy atom. The predicted molar refractivity (Wildman–Crippen MR) is 98.2 cm³/mol. The number of anilines is 2. The van der Waals surface area contributed by atoms with Crippen molar-refractivity contribution < 1.29 is 14.4 Å². The van der Waals surface area contributed by atoms with Crippen LogP contribution in [0, 0.1) is 0 Å². The van der Waals surface area contributed by atoms with Gasteiger partial charge in [0.1, 0.15) is 6.54 Å². The summed E-state index contributed by atoms with van der Waals surface area (Å²) in [4.78, 5) is 38.7. The van der Waals surface area contributed by atoms with Crippen LogP contribution in [0.3, 0.4) is 0 Å². The van der Waals surface area contributed by atoms with Crippen LogP contribution in [0.5, 0.6) is 0 Å². The first-order chi connectivity index (χ1) is 13.0. The largest absolute Gasteiger partial charge is 0.324 e. The lowest BCUT2D eigenvalue weighted by molar-refractivity contribution is -0.123. The molecule has 0 spiro atoms. The highest BCUT2D eigenvalue weighted by molar-refractivity contribution is 6.31. The number of nitrogens with one attached hydrogen (secondary N) is 1. The molecule has 1 N–H and O–H groups in total. The summed E-state index contributed by atoms with van der Waals surface area (Å²) in [5.74, 6) is -1.32. The highest BCUT2D eigenvalue weighted by Gasteiger charge is 2.55. The Bertz CT molecular complexity index is 949. The Kier molecular flexibility index (Phi) is 4.33. The molecule has 2 aliphatic rings. The van der Waals surface area contributed by atoms with Crippen molar-refractivity contribution in [3.63, 3.8) is 0 Å². The van der Waals surface area contributed by atoms with Crippen molar-refractivity contribution in [1.29, 1.82) is 0 Å². The van der Waals surface area contributed by atoms with Crippen molar-refractivity contribution >= 4 is 40.7 Å². The maximum atomic E-state index is 12.8. The van der Waals surface area contributed by atoms with Crippen molar-refractivity contribution in [2.75, 3.05) is 16.8 Å². The van der Waals surface area contributed by atoms with Crippen LogP contribution < -0.4 is 10.2 Å². The fourth-order valence-corrected chi connectivity index (χ4v) is 3.28. The number of halogens is 1. The minimum atomic E-state index is -0.957. The monoisotopic (exact) mass is 383 g/mol. The number of hydrogen-bond donors (Lipinski definition) is 1. The molecule has 4 rings (SSSR count). The number of carbonyl (C=O) groups is 3. The molecule has 2 heterocycles. The second kappa shape index (κ2) is 6.81. The lowest BCUT2D eigenvalue weighted by Gasteiger charge is -2.20. The maximum absolute atomic E-state index is 12.8. The summed E-state index contributed by atoms with van der Waals surface area (Å²) in [6.45, 7) is -0.192. The third-order valence-electron chi connectivity index (χ3n) is 4.29. The second-order valence-corrected chi connectivity index (χ2v) is 6.53. The number of rotatable bonds is 4. The first-order valence-electron chi connectivity index (χ1n) is 8.20. The van der Waals surface area contributed by atoms with Crippen LogP contribution in [0.4, 0.5) is 11.4 Å². The normalized spacial score (nSPS) is 20.9. The van der Waals surface area contributed by atoms with E-state index >= 15 is 0 Å². The summed E-state index contributed by atoms with van der Waals surface area (Å²) >= 11 is 5.96. The molecule has 1 fully saturated rings. The molecule has 2 aromatic carbocycles. The molecule has 1 saturated heterocycles. The molecule has 0 unspecified atom stereocenters. The van der Waals surface area contributed by atoms with E-state index in [0.29, 0.717) is 16.4 Å². The van der Waals surface area contributed by atoms with E-state index in [-0.39, 0.29) is 12.5 Å². The summed E-state index contributed by atoms with van der Waals surface area (Å²) in [5, 5.41) is 12.1. The van der Waals surface area contributed by atoms with Crippen LogP contribution in [0.15, 0.2) is 64.9 Å². The van der Waals surface area contributed by atoms with Gasteiger partial charge in [0.15, 0.2) is 12.1 Å². The zero-order valence-electron chi connectivity index (χ0n) is 13.9. The number of carbonyl (C=O) groups excluding carboxylic acids is 3. The Morgan fingerprint density at radius 3 is 2.59 bits per heavy atom. The molecule has 2 atom stereocenters. The first kappa shape index (κ1) is 17.2. The topological polar surface area (TPSA) is 94.4 Å². The average molecular weight is 384 g/mol. The highest BCUT2D eigenvalue weighted by Crippen LogP contribution is 2.32. The van der Waals surface area contributed by atoms with Gasteiger partial charge in [0.05, 0.1) is 5.69 Å². The van der Waals surface area contributed by atoms with Crippen LogP contribution in [-0.2, 0) is 14.4 Å². The average Bonchev–Trinajstić information content (AvgIpc) is 3.16. The highest BCUT2D eigenvalue weighted by atomic mass is 35.5. The summed E-state index contributed by atoms with van der Waals surface area (Å²) < 4.78 is 0. The minimum Gasteiger partial charge on any atom is -0.324 e. The van der Waals surface area contributed by atoms with Crippen LogP contribution in [-0.4, -0.2) is 41.4 Å². The van der Waals surface area contributed by atoms with E-state index in [9.17, 15) is 14.4 Å². The number of para-hydroxylation sites is 1. The van der Waals surface area contributed by atoms with E-state index in [1.807, 2.05) is 6.07 Å². The molecule has 136 valence electrons. The zero-order chi connectivity index (χ0) is 19.0. The molecule has 0 saturated carbocycles. The molecular weight excluding hydrogens is 370 g/mol. The first-order valence-corrected chi connectivity index (χ1v) is 8.58. The number of hydrogen-bond acceptors (Lipinski definition) is 6. The van der Waals surface area contributed by atoms with Crippen molar-refractivity contribution in [2.24, 2.45) is 10.3 Å². The quantitative estimate of drug-likeness (QED) is 0.819. The second-order valence-electron chi connectivity index (χ2n) is 6.10. The zero-order valence-corrected chi connectivity index (χ0v) is 14.7. The number of fused-ring (bicyclic) bond motifs is 1. The summed E-state index contributed by atoms with van der Waals surface area (Å²) in [5.41, 5.74) is 1.00. The van der Waals surface area contributed by atoms with Gasteiger partial charge < -0.3 is 5.32 Å². The Morgan fingerprint density at radius 1 is 1.07 bits per heavy atom. The number of amides is 3. The van der Waals surface area contributed by atoms with E-state index in [1.165, 1.54) is 11.1 Å². The van der Waals surface area contributed by atoms with Crippen molar-refractivity contribution in [2.45, 2.75) is 12.1 Å². The summed E-state index contributed by atoms with van der Waals surface area (Å²) in [6.07, 6.45) is 0. The predicted octanol–water partition coefficient (Wildman–Crippen LogP) is 2.27. The molecule has 0 aliphatic carbocycles. The number of benzene rings is 2. The van der Waals surface area contributed by atoms with E-state index in [0.717, 1.165) is 4.90 Å². The van der Waals surface area contributed by atoms with Gasteiger partial charge in [-0.15, -0.1) is 0 Å².